The van der Waals surface area contributed by atoms with Crippen LogP contribution in [0.15, 0.2) is 59.0 Å². The first-order valence-electron chi connectivity index (χ1n) is 8.17. The number of amides is 1. The number of carbonyl (C=O) groups is 3. The zero-order chi connectivity index (χ0) is 19.2. The van der Waals surface area contributed by atoms with Gasteiger partial charge in [0.2, 0.25) is 5.78 Å². The Hall–Kier alpha value is -3.61. The number of furan rings is 1. The first-order valence-corrected chi connectivity index (χ1v) is 8.17. The van der Waals surface area contributed by atoms with Gasteiger partial charge in [-0.25, -0.2) is 0 Å². The van der Waals surface area contributed by atoms with Gasteiger partial charge in [0.25, 0.3) is 5.91 Å². The SMILES string of the molecule is COc1ccccc1C(=O)NCC(=O)OCC(=O)c1cc2ccccc2o1. The molecule has 1 heterocycles. The second kappa shape index (κ2) is 8.18. The van der Waals surface area contributed by atoms with Gasteiger partial charge in [0.15, 0.2) is 12.4 Å². The normalized spacial score (nSPS) is 10.4. The molecule has 2 aromatic carbocycles. The highest BCUT2D eigenvalue weighted by Gasteiger charge is 2.16. The van der Waals surface area contributed by atoms with Crippen molar-refractivity contribution in [2.45, 2.75) is 0 Å². The molecule has 0 spiro atoms. The van der Waals surface area contributed by atoms with E-state index < -0.39 is 24.3 Å². The summed E-state index contributed by atoms with van der Waals surface area (Å²) in [7, 11) is 1.45. The lowest BCUT2D eigenvalue weighted by Gasteiger charge is -2.08. The number of Topliss-reactive ketones (excluding diaryl/α,β-unsaturated/α-hetero) is 1. The van der Waals surface area contributed by atoms with Gasteiger partial charge in [0.05, 0.1) is 12.7 Å². The molecule has 0 bridgehead atoms. The lowest BCUT2D eigenvalue weighted by Crippen LogP contribution is -2.31. The number of methoxy groups -OCH3 is 1. The van der Waals surface area contributed by atoms with E-state index in [-0.39, 0.29) is 12.3 Å². The highest BCUT2D eigenvalue weighted by atomic mass is 16.5. The summed E-state index contributed by atoms with van der Waals surface area (Å²) in [5.41, 5.74) is 0.877. The quantitative estimate of drug-likeness (QED) is 0.509. The van der Waals surface area contributed by atoms with Crippen molar-refractivity contribution in [2.75, 3.05) is 20.3 Å². The summed E-state index contributed by atoms with van der Waals surface area (Å²) in [4.78, 5) is 36.0. The highest BCUT2D eigenvalue weighted by Crippen LogP contribution is 2.19. The Morgan fingerprint density at radius 3 is 2.56 bits per heavy atom. The second-order valence-corrected chi connectivity index (χ2v) is 5.62. The molecule has 27 heavy (non-hydrogen) atoms. The van der Waals surface area contributed by atoms with E-state index in [0.29, 0.717) is 16.9 Å². The van der Waals surface area contributed by atoms with Crippen LogP contribution >= 0.6 is 0 Å². The molecular formula is C20H17NO6. The number of rotatable bonds is 7. The monoisotopic (exact) mass is 367 g/mol. The Labute approximate surface area is 154 Å². The van der Waals surface area contributed by atoms with Crippen molar-refractivity contribution in [2.24, 2.45) is 0 Å². The maximum atomic E-state index is 12.1. The van der Waals surface area contributed by atoms with Gasteiger partial charge in [0.1, 0.15) is 17.9 Å². The highest BCUT2D eigenvalue weighted by molar-refractivity contribution is 6.00. The van der Waals surface area contributed by atoms with E-state index in [0.717, 1.165) is 5.39 Å². The molecule has 3 aromatic rings. The van der Waals surface area contributed by atoms with Crippen LogP contribution in [0.4, 0.5) is 0 Å². The Morgan fingerprint density at radius 2 is 1.78 bits per heavy atom. The van der Waals surface area contributed by atoms with E-state index in [1.165, 1.54) is 7.11 Å². The summed E-state index contributed by atoms with van der Waals surface area (Å²) in [5, 5.41) is 3.22. The molecule has 0 aliphatic carbocycles. The molecule has 1 N–H and O–H groups in total. The van der Waals surface area contributed by atoms with Crippen LogP contribution in [0, 0.1) is 0 Å². The average molecular weight is 367 g/mol. The number of benzene rings is 2. The van der Waals surface area contributed by atoms with E-state index in [1.807, 2.05) is 12.1 Å². The number of hydrogen-bond donors (Lipinski definition) is 1. The van der Waals surface area contributed by atoms with Gasteiger partial charge in [-0.15, -0.1) is 0 Å². The number of carbonyl (C=O) groups excluding carboxylic acids is 3. The van der Waals surface area contributed by atoms with Crippen molar-refractivity contribution in [3.8, 4) is 5.75 Å². The molecule has 0 saturated heterocycles. The zero-order valence-electron chi connectivity index (χ0n) is 14.6. The Kier molecular flexibility index (Phi) is 5.51. The Bertz CT molecular complexity index is 958. The van der Waals surface area contributed by atoms with Gasteiger partial charge in [-0.2, -0.15) is 0 Å². The number of hydrogen-bond acceptors (Lipinski definition) is 6. The summed E-state index contributed by atoms with van der Waals surface area (Å²) < 4.78 is 15.4. The molecule has 0 aliphatic heterocycles. The van der Waals surface area contributed by atoms with Crippen molar-refractivity contribution >= 4 is 28.6 Å². The third-order valence-electron chi connectivity index (χ3n) is 3.81. The number of nitrogens with one attached hydrogen (secondary N) is 1. The Balaban J connectivity index is 1.50. The molecule has 0 radical (unpaired) electrons. The molecule has 0 fully saturated rings. The fourth-order valence-electron chi connectivity index (χ4n) is 2.47. The number of para-hydroxylation sites is 2. The van der Waals surface area contributed by atoms with Crippen LogP contribution in [0.1, 0.15) is 20.9 Å². The van der Waals surface area contributed by atoms with Crippen molar-refractivity contribution in [1.29, 1.82) is 0 Å². The van der Waals surface area contributed by atoms with Gasteiger partial charge in [-0.3, -0.25) is 14.4 Å². The van der Waals surface area contributed by atoms with E-state index >= 15 is 0 Å². The third kappa shape index (κ3) is 4.33. The largest absolute Gasteiger partial charge is 0.496 e. The lowest BCUT2D eigenvalue weighted by atomic mass is 10.2. The molecule has 138 valence electrons. The molecule has 0 saturated carbocycles. The van der Waals surface area contributed by atoms with Crippen LogP contribution in [0.3, 0.4) is 0 Å². The van der Waals surface area contributed by atoms with Crippen molar-refractivity contribution in [3.05, 3.63) is 65.9 Å². The molecule has 1 aromatic heterocycles. The molecule has 0 aliphatic rings. The van der Waals surface area contributed by atoms with E-state index in [9.17, 15) is 14.4 Å². The molecule has 1 amide bonds. The number of ketones is 1. The fraction of sp³-hybridized carbons (Fsp3) is 0.150. The molecular weight excluding hydrogens is 350 g/mol. The van der Waals surface area contributed by atoms with Crippen molar-refractivity contribution in [1.82, 2.24) is 5.32 Å². The topological polar surface area (TPSA) is 94.8 Å². The van der Waals surface area contributed by atoms with E-state index in [2.05, 4.69) is 5.32 Å². The maximum absolute atomic E-state index is 12.1. The molecule has 3 rings (SSSR count). The molecule has 0 unspecified atom stereocenters. The van der Waals surface area contributed by atoms with Crippen LogP contribution in [-0.2, 0) is 9.53 Å². The second-order valence-electron chi connectivity index (χ2n) is 5.62. The summed E-state index contributed by atoms with van der Waals surface area (Å²) >= 11 is 0. The van der Waals surface area contributed by atoms with Crippen LogP contribution in [0.5, 0.6) is 5.75 Å². The number of ether oxygens (including phenoxy) is 2. The Morgan fingerprint density at radius 1 is 1.04 bits per heavy atom. The minimum Gasteiger partial charge on any atom is -0.496 e. The molecule has 0 atom stereocenters. The zero-order valence-corrected chi connectivity index (χ0v) is 14.6. The van der Waals surface area contributed by atoms with Gasteiger partial charge < -0.3 is 19.2 Å². The van der Waals surface area contributed by atoms with Crippen LogP contribution in [0.25, 0.3) is 11.0 Å². The minimum absolute atomic E-state index is 0.113. The minimum atomic E-state index is -0.734. The molecule has 7 heteroatoms. The summed E-state index contributed by atoms with van der Waals surface area (Å²) in [6.45, 7) is -0.840. The van der Waals surface area contributed by atoms with E-state index in [1.54, 1.807) is 42.5 Å². The van der Waals surface area contributed by atoms with Crippen LogP contribution in [0.2, 0.25) is 0 Å². The predicted molar refractivity (Wildman–Crippen MR) is 96.8 cm³/mol. The van der Waals surface area contributed by atoms with Gasteiger partial charge in [0, 0.05) is 5.39 Å². The van der Waals surface area contributed by atoms with Crippen molar-refractivity contribution in [3.63, 3.8) is 0 Å². The summed E-state index contributed by atoms with van der Waals surface area (Å²) in [5.74, 6) is -1.17. The van der Waals surface area contributed by atoms with Gasteiger partial charge in [-0.05, 0) is 24.3 Å². The third-order valence-corrected chi connectivity index (χ3v) is 3.81. The van der Waals surface area contributed by atoms with Crippen molar-refractivity contribution < 1.29 is 28.3 Å². The van der Waals surface area contributed by atoms with E-state index in [4.69, 9.17) is 13.9 Å². The smallest absolute Gasteiger partial charge is 0.325 e. The summed E-state index contributed by atoms with van der Waals surface area (Å²) in [6.07, 6.45) is 0. The molecule has 7 nitrogen and oxygen atoms in total. The number of fused-ring (bicyclic) bond motifs is 1. The summed E-state index contributed by atoms with van der Waals surface area (Å²) in [6, 6.07) is 15.4. The predicted octanol–water partition coefficient (Wildman–Crippen LogP) is 2.60. The fourth-order valence-corrected chi connectivity index (χ4v) is 2.47. The van der Waals surface area contributed by atoms with Crippen LogP contribution in [-0.4, -0.2) is 37.9 Å². The standard InChI is InChI=1S/C20H17NO6/c1-25-17-9-5-3-7-14(17)20(24)21-11-19(23)26-12-15(22)18-10-13-6-2-4-8-16(13)27-18/h2-10H,11-12H2,1H3,(H,21,24). The van der Waals surface area contributed by atoms with Gasteiger partial charge >= 0.3 is 5.97 Å². The first-order chi connectivity index (χ1) is 13.1. The number of esters is 1. The van der Waals surface area contributed by atoms with Crippen LogP contribution < -0.4 is 10.1 Å². The average Bonchev–Trinajstić information content (AvgIpc) is 3.14. The lowest BCUT2D eigenvalue weighted by molar-refractivity contribution is -0.141. The van der Waals surface area contributed by atoms with Gasteiger partial charge in [-0.1, -0.05) is 30.3 Å². The first kappa shape index (κ1) is 18.2. The maximum Gasteiger partial charge on any atom is 0.325 e.